The number of carboxylic acid groups (broad SMARTS) is 1. The van der Waals surface area contributed by atoms with E-state index in [4.69, 9.17) is 21.4 Å². The van der Waals surface area contributed by atoms with Crippen molar-refractivity contribution in [1.29, 1.82) is 0 Å². The van der Waals surface area contributed by atoms with Crippen LogP contribution in [0.25, 0.3) is 0 Å². The summed E-state index contributed by atoms with van der Waals surface area (Å²) >= 11 is 6.39. The van der Waals surface area contributed by atoms with Crippen molar-refractivity contribution in [3.63, 3.8) is 0 Å². The van der Waals surface area contributed by atoms with E-state index >= 15 is 0 Å². The minimum absolute atomic E-state index is 0.172. The van der Waals surface area contributed by atoms with Crippen molar-refractivity contribution in [3.8, 4) is 11.5 Å². The third kappa shape index (κ3) is 7.14. The van der Waals surface area contributed by atoms with E-state index in [2.05, 4.69) is 4.98 Å². The quantitative estimate of drug-likeness (QED) is 0.440. The number of ether oxygens (including phenoxy) is 1. The first kappa shape index (κ1) is 25.0. The summed E-state index contributed by atoms with van der Waals surface area (Å²) < 4.78 is 34.7. The fourth-order valence-corrected chi connectivity index (χ4v) is 3.15. The Morgan fingerprint density at radius 2 is 1.62 bits per heavy atom. The first-order valence-corrected chi connectivity index (χ1v) is 9.56. The molecule has 10 heteroatoms. The van der Waals surface area contributed by atoms with Crippen LogP contribution in [0.1, 0.15) is 40.4 Å². The lowest BCUT2D eigenvalue weighted by molar-refractivity contribution is 0.00817. The largest absolute Gasteiger partial charge is 0.478 e. The normalized spacial score (nSPS) is 12.5. The molecule has 0 saturated heterocycles. The number of hydrogen-bond donors (Lipinski definition) is 3. The minimum Gasteiger partial charge on any atom is -0.478 e. The van der Waals surface area contributed by atoms with E-state index in [1.165, 1.54) is 24.4 Å². The summed E-state index contributed by atoms with van der Waals surface area (Å²) in [7, 11) is 0. The molecule has 32 heavy (non-hydrogen) atoms. The Kier molecular flexibility index (Phi) is 8.86. The summed E-state index contributed by atoms with van der Waals surface area (Å²) in [6, 6.07) is 14.1. The van der Waals surface area contributed by atoms with Gasteiger partial charge in [-0.05, 0) is 53.6 Å². The van der Waals surface area contributed by atoms with Gasteiger partial charge >= 0.3 is 12.6 Å². The number of rotatable bonds is 6. The van der Waals surface area contributed by atoms with E-state index in [1.54, 1.807) is 36.4 Å². The van der Waals surface area contributed by atoms with Gasteiger partial charge in [-0.25, -0.2) is 4.79 Å². The number of hydrogen-bond acceptors (Lipinski definition) is 4. The first-order chi connectivity index (χ1) is 15.1. The lowest BCUT2D eigenvalue weighted by Crippen LogP contribution is -2.11. The molecule has 6 nitrogen and oxygen atoms in total. The second-order valence-electron chi connectivity index (χ2n) is 6.58. The van der Waals surface area contributed by atoms with Crippen molar-refractivity contribution >= 4 is 17.6 Å². The molecule has 3 aromatic rings. The molecule has 1 aromatic heterocycles. The monoisotopic (exact) mass is 469 g/mol. The molecular formula is C22H19ClF3NO5. The Labute approximate surface area is 185 Å². The van der Waals surface area contributed by atoms with Crippen molar-refractivity contribution in [1.82, 2.24) is 4.98 Å². The van der Waals surface area contributed by atoms with Gasteiger partial charge in [0.2, 0.25) is 5.56 Å². The van der Waals surface area contributed by atoms with E-state index in [0.29, 0.717) is 22.1 Å². The number of alkyl halides is 3. The van der Waals surface area contributed by atoms with Gasteiger partial charge < -0.3 is 19.9 Å². The second kappa shape index (κ2) is 11.4. The van der Waals surface area contributed by atoms with Crippen LogP contribution >= 0.6 is 11.6 Å². The molecule has 0 saturated carbocycles. The molecule has 0 bridgehead atoms. The summed E-state index contributed by atoms with van der Waals surface area (Å²) in [5, 5.41) is 19.9. The fraction of sp³-hybridized carbons (Fsp3) is 0.182. The van der Waals surface area contributed by atoms with Crippen LogP contribution in [0.5, 0.6) is 11.5 Å². The summed E-state index contributed by atoms with van der Waals surface area (Å²) in [5.74, 6) is -0.353. The molecule has 0 amide bonds. The van der Waals surface area contributed by atoms with Crippen LogP contribution in [-0.2, 0) is 0 Å². The first-order valence-electron chi connectivity index (χ1n) is 9.18. The molecule has 2 aromatic carbocycles. The predicted molar refractivity (Wildman–Crippen MR) is 112 cm³/mol. The number of aliphatic hydroxyl groups is 1. The zero-order valence-electron chi connectivity index (χ0n) is 16.6. The van der Waals surface area contributed by atoms with Crippen molar-refractivity contribution < 1.29 is 32.9 Å². The smallest absolute Gasteiger partial charge is 0.379 e. The highest BCUT2D eigenvalue weighted by atomic mass is 35.5. The zero-order chi connectivity index (χ0) is 23.8. The summed E-state index contributed by atoms with van der Waals surface area (Å²) in [5.41, 5.74) is 1.25. The van der Waals surface area contributed by atoms with Gasteiger partial charge in [0.25, 0.3) is 0 Å². The molecule has 3 rings (SSSR count). The number of aromatic amines is 1. The van der Waals surface area contributed by atoms with Crippen molar-refractivity contribution in [2.45, 2.75) is 25.6 Å². The Balaban J connectivity index is 0.000000837. The van der Waals surface area contributed by atoms with Gasteiger partial charge in [0, 0.05) is 23.2 Å². The van der Waals surface area contributed by atoms with Gasteiger partial charge in [0.1, 0.15) is 11.5 Å². The fourth-order valence-electron chi connectivity index (χ4n) is 2.81. The maximum absolute atomic E-state index is 11.2. The summed E-state index contributed by atoms with van der Waals surface area (Å²) in [4.78, 5) is 24.6. The average Bonchev–Trinajstić information content (AvgIpc) is 2.73. The third-order valence-corrected chi connectivity index (χ3v) is 4.75. The Morgan fingerprint density at radius 3 is 2.12 bits per heavy atom. The number of nitrogens with one attached hydrogen (secondary N) is 1. The van der Waals surface area contributed by atoms with Crippen LogP contribution in [0.15, 0.2) is 65.6 Å². The summed E-state index contributed by atoms with van der Waals surface area (Å²) in [6.45, 7) is -1.83. The molecule has 0 spiro atoms. The van der Waals surface area contributed by atoms with E-state index < -0.39 is 18.8 Å². The Morgan fingerprint density at radius 1 is 1.03 bits per heavy atom. The van der Waals surface area contributed by atoms with Gasteiger partial charge in [-0.15, -0.1) is 0 Å². The molecule has 1 unspecified atom stereocenters. The van der Waals surface area contributed by atoms with Crippen LogP contribution in [-0.4, -0.2) is 27.8 Å². The van der Waals surface area contributed by atoms with Crippen molar-refractivity contribution in [2.75, 3.05) is 0 Å². The maximum atomic E-state index is 11.2. The highest BCUT2D eigenvalue weighted by Crippen LogP contribution is 2.36. The molecule has 0 aliphatic heterocycles. The number of aromatic nitrogens is 1. The number of aromatic carboxylic acids is 1. The number of H-pyrrole nitrogens is 1. The van der Waals surface area contributed by atoms with E-state index in [-0.39, 0.29) is 17.0 Å². The molecular weight excluding hydrogens is 451 g/mol. The van der Waals surface area contributed by atoms with Gasteiger partial charge in [0.15, 0.2) is 0 Å². The van der Waals surface area contributed by atoms with Crippen LogP contribution in [0.2, 0.25) is 5.02 Å². The number of pyridine rings is 1. The minimum atomic E-state index is -3.67. The van der Waals surface area contributed by atoms with Gasteiger partial charge in [0.05, 0.1) is 11.7 Å². The average molecular weight is 470 g/mol. The number of halogens is 4. The Hall–Kier alpha value is -3.30. The SMILES string of the molecule is C[C@@H](c1ccc(Oc2ccc(C(=O)O)cc2)cc1Cl)C(O)c1ccc(=O)[nH]c1.FC(F)F. The highest BCUT2D eigenvalue weighted by Gasteiger charge is 2.21. The molecule has 170 valence electrons. The van der Waals surface area contributed by atoms with Crippen molar-refractivity contribution in [3.05, 3.63) is 92.9 Å². The van der Waals surface area contributed by atoms with Crippen LogP contribution in [0.4, 0.5) is 13.2 Å². The number of aliphatic hydroxyl groups excluding tert-OH is 1. The highest BCUT2D eigenvalue weighted by molar-refractivity contribution is 6.31. The van der Waals surface area contributed by atoms with Crippen molar-refractivity contribution in [2.24, 2.45) is 0 Å². The van der Waals surface area contributed by atoms with Gasteiger partial charge in [-0.2, -0.15) is 13.2 Å². The van der Waals surface area contributed by atoms with E-state index in [1.807, 2.05) is 6.92 Å². The molecule has 0 radical (unpaired) electrons. The standard InChI is InChI=1S/C21H18ClNO5.CHF3/c1-12(20(25)14-4-9-19(24)23-11-14)17-8-7-16(10-18(17)22)28-15-5-2-13(3-6-15)21(26)27;2-1(3)4/h2-12,20,25H,1H3,(H,23,24)(H,26,27);1H/t12-,20?;/m0./s1. The van der Waals surface area contributed by atoms with Crippen LogP contribution in [0.3, 0.4) is 0 Å². The lowest BCUT2D eigenvalue weighted by atomic mass is 9.91. The molecule has 0 fully saturated rings. The summed E-state index contributed by atoms with van der Waals surface area (Å²) in [6.07, 6.45) is 0.639. The zero-order valence-corrected chi connectivity index (χ0v) is 17.4. The second-order valence-corrected chi connectivity index (χ2v) is 6.99. The molecule has 3 N–H and O–H groups in total. The number of benzene rings is 2. The van der Waals surface area contributed by atoms with E-state index in [0.717, 1.165) is 5.56 Å². The molecule has 1 heterocycles. The van der Waals surface area contributed by atoms with Gasteiger partial charge in [-0.1, -0.05) is 24.6 Å². The van der Waals surface area contributed by atoms with Crippen LogP contribution < -0.4 is 10.3 Å². The molecule has 0 aliphatic carbocycles. The topological polar surface area (TPSA) is 99.6 Å². The van der Waals surface area contributed by atoms with E-state index in [9.17, 15) is 27.9 Å². The van der Waals surface area contributed by atoms with Crippen LogP contribution in [0, 0.1) is 0 Å². The Bertz CT molecular complexity index is 1080. The lowest BCUT2D eigenvalue weighted by Gasteiger charge is -2.21. The maximum Gasteiger partial charge on any atom is 0.379 e. The molecule has 0 aliphatic rings. The van der Waals surface area contributed by atoms with Gasteiger partial charge in [-0.3, -0.25) is 4.79 Å². The third-order valence-electron chi connectivity index (χ3n) is 4.42. The molecule has 2 atom stereocenters. The number of carbonyl (C=O) groups is 1. The predicted octanol–water partition coefficient (Wildman–Crippen LogP) is 5.53. The number of carboxylic acids is 1.